The van der Waals surface area contributed by atoms with Crippen LogP contribution in [0.25, 0.3) is 55.6 Å². The number of allylic oxidation sites excluding steroid dienone is 2. The molecule has 0 saturated heterocycles. The monoisotopic (exact) mass is 601 g/mol. The summed E-state index contributed by atoms with van der Waals surface area (Å²) >= 11 is 0. The molecule has 5 aromatic carbocycles. The summed E-state index contributed by atoms with van der Waals surface area (Å²) in [6.45, 7) is -12.0. The lowest BCUT2D eigenvalue weighted by Crippen LogP contribution is -2.51. The van der Waals surface area contributed by atoms with E-state index in [0.29, 0.717) is 16.7 Å². The normalized spacial score (nSPS) is 32.5. The van der Waals surface area contributed by atoms with Gasteiger partial charge < -0.3 is 11.5 Å². The van der Waals surface area contributed by atoms with Gasteiger partial charge in [0, 0.05) is 25.2 Å². The molecule has 0 heterocycles. The molecule has 0 amide bonds. The standard InChI is InChI=1S/C43H40N2/c1-27-23-25-42(2,3)38-22-19-28(26-37(27)38)29-20-21-36-34-16-7-6-14-32(34)30-12-4-5-13-31(30)33-15-8-9-17-35(33)40(36)41(29)43(45)24-11-10-18-39(43)44/h4-22,24,26-27,39H,23,25,44-45H2,1-3H3/i1D3,2D3,3D3,19D,22D,23D2,25D2,26D,27D. The Morgan fingerprint density at radius 1 is 0.778 bits per heavy atom. The lowest BCUT2D eigenvalue weighted by atomic mass is 9.67. The van der Waals surface area contributed by atoms with Crippen LogP contribution in [0.5, 0.6) is 0 Å². The maximum atomic E-state index is 9.89. The highest BCUT2D eigenvalue weighted by molar-refractivity contribution is 6.05. The van der Waals surface area contributed by atoms with Crippen LogP contribution in [0.4, 0.5) is 0 Å². The molecule has 0 fully saturated rings. The topological polar surface area (TPSA) is 52.0 Å². The van der Waals surface area contributed by atoms with Crippen LogP contribution in [-0.2, 0) is 11.0 Å². The Bertz CT molecular complexity index is 2740. The summed E-state index contributed by atoms with van der Waals surface area (Å²) in [4.78, 5) is 0. The molecule has 3 aliphatic rings. The van der Waals surface area contributed by atoms with E-state index in [2.05, 4.69) is 0 Å². The Morgan fingerprint density at radius 2 is 1.38 bits per heavy atom. The predicted molar refractivity (Wildman–Crippen MR) is 190 cm³/mol. The van der Waals surface area contributed by atoms with Gasteiger partial charge in [-0.25, -0.2) is 0 Å². The lowest BCUT2D eigenvalue weighted by molar-refractivity contribution is 0.402. The second-order valence-electron chi connectivity index (χ2n) is 11.6. The van der Waals surface area contributed by atoms with Gasteiger partial charge in [-0.1, -0.05) is 148 Å². The third-order valence-corrected chi connectivity index (χ3v) is 8.99. The maximum Gasteiger partial charge on any atom is 0.0800 e. The zero-order valence-electron chi connectivity index (χ0n) is 41.1. The number of hydrogen-bond acceptors (Lipinski definition) is 2. The number of fused-ring (bicyclic) bond motifs is 9. The van der Waals surface area contributed by atoms with Crippen molar-refractivity contribution in [3.8, 4) is 55.6 Å². The van der Waals surface area contributed by atoms with E-state index in [4.69, 9.17) is 29.3 Å². The fraction of sp³-hybridized carbons (Fsp3) is 0.209. The van der Waals surface area contributed by atoms with E-state index in [1.807, 2.05) is 72.8 Å². The van der Waals surface area contributed by atoms with E-state index < -0.39 is 91.0 Å². The van der Waals surface area contributed by atoms with Gasteiger partial charge in [-0.05, 0) is 96.4 Å². The molecule has 5 aromatic rings. The second kappa shape index (κ2) is 10.3. The van der Waals surface area contributed by atoms with Crippen LogP contribution in [0.15, 0.2) is 127 Å². The Balaban J connectivity index is 1.64. The Hall–Kier alpha value is -4.50. The number of hydrogen-bond donors (Lipinski definition) is 2. The highest BCUT2D eigenvalue weighted by Crippen LogP contribution is 2.53. The molecule has 8 rings (SSSR count). The van der Waals surface area contributed by atoms with Crippen molar-refractivity contribution in [2.24, 2.45) is 11.5 Å². The molecule has 2 heteroatoms. The minimum absolute atomic E-state index is 0.0931. The highest BCUT2D eigenvalue weighted by Gasteiger charge is 2.39. The van der Waals surface area contributed by atoms with Crippen LogP contribution in [0.2, 0.25) is 0 Å². The molecule has 0 saturated carbocycles. The number of benzene rings is 5. The number of nitrogens with two attached hydrogens (primary N) is 2. The highest BCUT2D eigenvalue weighted by atomic mass is 14.9. The second-order valence-corrected chi connectivity index (χ2v) is 11.6. The average molecular weight is 602 g/mol. The van der Waals surface area contributed by atoms with Crippen LogP contribution in [0.1, 0.15) is 79.2 Å². The molecular weight excluding hydrogens is 544 g/mol. The van der Waals surface area contributed by atoms with Crippen molar-refractivity contribution in [2.75, 3.05) is 0 Å². The zero-order valence-corrected chi connectivity index (χ0v) is 24.1. The van der Waals surface area contributed by atoms with Crippen molar-refractivity contribution in [1.29, 1.82) is 0 Å². The Morgan fingerprint density at radius 3 is 2.00 bits per heavy atom. The molecule has 0 bridgehead atoms. The molecular formula is C43H40N2. The first-order valence-electron chi connectivity index (χ1n) is 23.2. The van der Waals surface area contributed by atoms with Crippen LogP contribution < -0.4 is 11.5 Å². The van der Waals surface area contributed by atoms with Gasteiger partial charge in [0.05, 0.1) is 9.65 Å². The first kappa shape index (κ1) is 15.2. The third kappa shape index (κ3) is 4.24. The summed E-state index contributed by atoms with van der Waals surface area (Å²) in [6, 6.07) is 21.6. The predicted octanol–water partition coefficient (Wildman–Crippen LogP) is 10.1. The van der Waals surface area contributed by atoms with E-state index in [0.717, 1.165) is 27.8 Å². The summed E-state index contributed by atoms with van der Waals surface area (Å²) in [5.74, 6) is -3.92. The molecule has 4 N–H and O–H groups in total. The van der Waals surface area contributed by atoms with Crippen molar-refractivity contribution in [1.82, 2.24) is 0 Å². The van der Waals surface area contributed by atoms with Gasteiger partial charge >= 0.3 is 0 Å². The third-order valence-electron chi connectivity index (χ3n) is 8.99. The van der Waals surface area contributed by atoms with E-state index >= 15 is 0 Å². The zero-order chi connectivity index (χ0) is 45.5. The first-order chi connectivity index (χ1) is 28.7. The average Bonchev–Trinajstić information content (AvgIpc) is 3.18. The van der Waals surface area contributed by atoms with E-state index in [9.17, 15) is 5.48 Å². The summed E-state index contributed by atoms with van der Waals surface area (Å²) < 4.78 is 152. The quantitative estimate of drug-likeness (QED) is 0.207. The molecule has 3 atom stereocenters. The maximum absolute atomic E-state index is 9.89. The van der Waals surface area contributed by atoms with E-state index in [1.54, 1.807) is 30.4 Å². The van der Waals surface area contributed by atoms with Gasteiger partial charge in [0.25, 0.3) is 0 Å². The smallest absolute Gasteiger partial charge is 0.0800 e. The molecule has 3 unspecified atom stereocenters. The van der Waals surface area contributed by atoms with Crippen LogP contribution in [0.3, 0.4) is 0 Å². The van der Waals surface area contributed by atoms with Gasteiger partial charge in [0.1, 0.15) is 0 Å². The largest absolute Gasteiger partial charge is 0.322 e. The molecule has 0 radical (unpaired) electrons. The van der Waals surface area contributed by atoms with Crippen molar-refractivity contribution >= 4 is 0 Å². The fourth-order valence-corrected chi connectivity index (χ4v) is 6.82. The van der Waals surface area contributed by atoms with Crippen molar-refractivity contribution < 1.29 is 23.3 Å². The Kier molecular flexibility index (Phi) is 3.47. The first-order valence-corrected chi connectivity index (χ1v) is 14.7. The van der Waals surface area contributed by atoms with Gasteiger partial charge in [-0.15, -0.1) is 0 Å². The van der Waals surface area contributed by atoms with Gasteiger partial charge in [-0.3, -0.25) is 0 Å². The minimum Gasteiger partial charge on any atom is -0.322 e. The molecule has 0 aromatic heterocycles. The Labute approximate surface area is 291 Å². The molecule has 2 nitrogen and oxygen atoms in total. The van der Waals surface area contributed by atoms with Crippen molar-refractivity contribution in [3.05, 3.63) is 144 Å². The summed E-state index contributed by atoms with van der Waals surface area (Å²) in [6.07, 6.45) is -1.86. The molecule has 45 heavy (non-hydrogen) atoms. The molecule has 0 spiro atoms. The van der Waals surface area contributed by atoms with Crippen LogP contribution >= 0.6 is 0 Å². The molecule has 0 aliphatic heterocycles. The summed E-state index contributed by atoms with van der Waals surface area (Å²) in [7, 11) is 0. The lowest BCUT2D eigenvalue weighted by Gasteiger charge is -2.39. The summed E-state index contributed by atoms with van der Waals surface area (Å²) in [5.41, 5.74) is 11.1. The van der Waals surface area contributed by atoms with Crippen molar-refractivity contribution in [3.63, 3.8) is 0 Å². The fourth-order valence-electron chi connectivity index (χ4n) is 6.82. The SMILES string of the molecule is [2H]c1c([2H])c2c(c([2H])c1-c1ccc3c(c1C1(N)C=CC=CC1N)-c1ccccc1-c1ccccc1-c1ccccc1-3)C([2H])(C([2H])([2H])[2H])C([2H])([2H])C([2H])([2H])C2(C([2H])([2H])[2H])C([2H])([2H])[2H]. The molecule has 3 aliphatic carbocycles. The van der Waals surface area contributed by atoms with Gasteiger partial charge in [0.15, 0.2) is 0 Å². The van der Waals surface area contributed by atoms with Crippen molar-refractivity contribution in [2.45, 2.75) is 56.2 Å². The van der Waals surface area contributed by atoms with Crippen LogP contribution in [-0.4, -0.2) is 6.04 Å². The molecule has 222 valence electrons. The van der Waals surface area contributed by atoms with Gasteiger partial charge in [-0.2, -0.15) is 0 Å². The van der Waals surface area contributed by atoms with E-state index in [1.165, 1.54) is 6.07 Å². The minimum atomic E-state index is -4.25. The summed E-state index contributed by atoms with van der Waals surface area (Å²) in [5, 5.41) is 0. The van der Waals surface area contributed by atoms with Gasteiger partial charge in [0.2, 0.25) is 0 Å². The van der Waals surface area contributed by atoms with E-state index in [-0.39, 0.29) is 11.1 Å². The van der Waals surface area contributed by atoms with Crippen LogP contribution in [0, 0.1) is 0 Å². The number of rotatable bonds is 2.